The van der Waals surface area contributed by atoms with Crippen LogP contribution in [0.2, 0.25) is 0 Å². The van der Waals surface area contributed by atoms with Crippen LogP contribution in [0.25, 0.3) is 44.5 Å². The average Bonchev–Trinajstić information content (AvgIpc) is 3.55. The fraction of sp³-hybridized carbons (Fsp3) is 0.0811. The Morgan fingerprint density at radius 3 is 1.15 bits per heavy atom. The quantitative estimate of drug-likeness (QED) is 0.207. The van der Waals surface area contributed by atoms with E-state index < -0.39 is 0 Å². The SMILES string of the molecule is C.C.[C]1=CC=CC1.[O-]c1c(-c2ccccc2)c(-c2ccccc2)cc(-c2ccccc2)c1-c1ccccc1.[Ti]. The first-order valence-corrected chi connectivity index (χ1v) is 12.1. The Hall–Kier alpha value is -3.91. The smallest absolute Gasteiger partial charge is 0 e. The van der Waals surface area contributed by atoms with Crippen molar-refractivity contribution >= 4 is 0 Å². The summed E-state index contributed by atoms with van der Waals surface area (Å²) in [5, 5.41) is 14.2. The Kier molecular flexibility index (Phi) is 12.4. The molecule has 0 aromatic heterocycles. The molecule has 0 unspecified atom stereocenters. The first-order chi connectivity index (χ1) is 17.8. The van der Waals surface area contributed by atoms with Gasteiger partial charge >= 0.3 is 0 Å². The van der Waals surface area contributed by atoms with Crippen molar-refractivity contribution in [1.29, 1.82) is 0 Å². The number of hydrogen-bond acceptors (Lipinski definition) is 1. The van der Waals surface area contributed by atoms with Gasteiger partial charge in [0.15, 0.2) is 0 Å². The van der Waals surface area contributed by atoms with Gasteiger partial charge in [0, 0.05) is 21.7 Å². The van der Waals surface area contributed by atoms with Crippen LogP contribution in [-0.4, -0.2) is 0 Å². The fourth-order valence-electron chi connectivity index (χ4n) is 4.47. The Morgan fingerprint density at radius 1 is 0.513 bits per heavy atom. The third kappa shape index (κ3) is 7.36. The molecule has 0 amide bonds. The molecule has 6 rings (SSSR count). The van der Waals surface area contributed by atoms with Gasteiger partial charge in [0.05, 0.1) is 0 Å². The van der Waals surface area contributed by atoms with Gasteiger partial charge in [-0.25, -0.2) is 0 Å². The van der Waals surface area contributed by atoms with Crippen LogP contribution in [0.3, 0.4) is 0 Å². The van der Waals surface area contributed by atoms with Crippen molar-refractivity contribution < 1.29 is 26.8 Å². The third-order valence-electron chi connectivity index (χ3n) is 6.16. The van der Waals surface area contributed by atoms with E-state index in [1.807, 2.05) is 109 Å². The summed E-state index contributed by atoms with van der Waals surface area (Å²) in [4.78, 5) is 0. The molecule has 1 nitrogen and oxygen atoms in total. The maximum atomic E-state index is 14.2. The second kappa shape index (κ2) is 15.5. The second-order valence-corrected chi connectivity index (χ2v) is 8.52. The molecule has 0 aliphatic heterocycles. The van der Waals surface area contributed by atoms with Gasteiger partial charge in [-0.05, 0) is 63.1 Å². The van der Waals surface area contributed by atoms with Crippen LogP contribution in [0.4, 0.5) is 0 Å². The third-order valence-corrected chi connectivity index (χ3v) is 6.16. The van der Waals surface area contributed by atoms with Crippen LogP contribution in [-0.2, 0) is 21.7 Å². The zero-order valence-corrected chi connectivity index (χ0v) is 22.0. The summed E-state index contributed by atoms with van der Waals surface area (Å²) in [6, 6.07) is 42.5. The number of benzene rings is 5. The standard InChI is InChI=1S/C30H22O.C5H5.2CH4.Ti/c31-30-28(24-17-9-3-10-18-24)26(22-13-5-1-6-14-22)21-27(23-15-7-2-8-16-23)29(30)25-19-11-4-12-20-25;1-2-4-5-3-1;;;/h1-21,31H;1-3H,4H2;2*1H4;/p-1. The van der Waals surface area contributed by atoms with Crippen molar-refractivity contribution in [2.24, 2.45) is 0 Å². The molecule has 0 heterocycles. The van der Waals surface area contributed by atoms with Crippen LogP contribution in [0.5, 0.6) is 5.75 Å². The molecular formula is C37H34OTi-. The molecule has 39 heavy (non-hydrogen) atoms. The summed E-state index contributed by atoms with van der Waals surface area (Å²) >= 11 is 0. The summed E-state index contributed by atoms with van der Waals surface area (Å²) in [6.45, 7) is 0. The van der Waals surface area contributed by atoms with Gasteiger partial charge in [0.1, 0.15) is 0 Å². The van der Waals surface area contributed by atoms with Crippen LogP contribution in [0.1, 0.15) is 21.3 Å². The maximum Gasteiger partial charge on any atom is 0 e. The van der Waals surface area contributed by atoms with Crippen molar-refractivity contribution in [2.45, 2.75) is 21.3 Å². The Balaban J connectivity index is 0.000000603. The molecule has 5 aromatic carbocycles. The minimum absolute atomic E-state index is 0. The number of hydrogen-bond donors (Lipinski definition) is 0. The van der Waals surface area contributed by atoms with Gasteiger partial charge < -0.3 is 5.11 Å². The molecule has 193 valence electrons. The Bertz CT molecular complexity index is 1360. The predicted molar refractivity (Wildman–Crippen MR) is 163 cm³/mol. The first kappa shape index (κ1) is 31.3. The average molecular weight is 543 g/mol. The van der Waals surface area contributed by atoms with Crippen LogP contribution in [0, 0.1) is 6.08 Å². The molecule has 0 N–H and O–H groups in total. The van der Waals surface area contributed by atoms with E-state index in [0.29, 0.717) is 0 Å². The fourth-order valence-corrected chi connectivity index (χ4v) is 4.47. The normalized spacial score (nSPS) is 10.8. The number of allylic oxidation sites excluding steroid dienone is 4. The summed E-state index contributed by atoms with van der Waals surface area (Å²) in [5.41, 5.74) is 7.33. The molecule has 0 fully saturated rings. The van der Waals surface area contributed by atoms with Gasteiger partial charge in [-0.2, -0.15) is 0 Å². The summed E-state index contributed by atoms with van der Waals surface area (Å²) in [7, 11) is 0. The van der Waals surface area contributed by atoms with E-state index in [0.717, 1.165) is 50.9 Å². The molecular weight excluding hydrogens is 508 g/mol. The maximum absolute atomic E-state index is 14.2. The van der Waals surface area contributed by atoms with E-state index in [4.69, 9.17) is 0 Å². The molecule has 0 atom stereocenters. The molecule has 0 spiro atoms. The zero-order chi connectivity index (χ0) is 24.6. The molecule has 1 radical (unpaired) electrons. The van der Waals surface area contributed by atoms with Crippen LogP contribution < -0.4 is 5.11 Å². The van der Waals surface area contributed by atoms with Crippen molar-refractivity contribution in [3.05, 3.63) is 152 Å². The Morgan fingerprint density at radius 2 is 0.872 bits per heavy atom. The van der Waals surface area contributed by atoms with E-state index >= 15 is 0 Å². The molecule has 2 heteroatoms. The van der Waals surface area contributed by atoms with Crippen molar-refractivity contribution in [3.8, 4) is 50.3 Å². The molecule has 1 aliphatic carbocycles. The number of rotatable bonds is 4. The summed E-state index contributed by atoms with van der Waals surface area (Å²) in [5.74, 6) is 0.0533. The second-order valence-electron chi connectivity index (χ2n) is 8.52. The first-order valence-electron chi connectivity index (χ1n) is 12.1. The van der Waals surface area contributed by atoms with E-state index in [-0.39, 0.29) is 42.3 Å². The molecule has 5 aromatic rings. The van der Waals surface area contributed by atoms with Crippen molar-refractivity contribution in [2.75, 3.05) is 0 Å². The predicted octanol–water partition coefficient (Wildman–Crippen LogP) is 10.0. The summed E-state index contributed by atoms with van der Waals surface area (Å²) in [6.07, 6.45) is 10.0. The Labute approximate surface area is 249 Å². The zero-order valence-electron chi connectivity index (χ0n) is 20.5. The summed E-state index contributed by atoms with van der Waals surface area (Å²) < 4.78 is 0. The van der Waals surface area contributed by atoms with Crippen LogP contribution in [0.15, 0.2) is 146 Å². The van der Waals surface area contributed by atoms with Crippen LogP contribution >= 0.6 is 0 Å². The van der Waals surface area contributed by atoms with E-state index in [2.05, 4.69) is 42.5 Å². The molecule has 0 saturated carbocycles. The van der Waals surface area contributed by atoms with Gasteiger partial charge in [0.25, 0.3) is 0 Å². The molecule has 0 saturated heterocycles. The molecule has 1 aliphatic rings. The minimum atomic E-state index is 0. The monoisotopic (exact) mass is 542 g/mol. The van der Waals surface area contributed by atoms with E-state index in [9.17, 15) is 5.11 Å². The van der Waals surface area contributed by atoms with Crippen molar-refractivity contribution in [1.82, 2.24) is 0 Å². The van der Waals surface area contributed by atoms with Gasteiger partial charge in [-0.3, -0.25) is 0 Å². The topological polar surface area (TPSA) is 23.1 Å². The van der Waals surface area contributed by atoms with Gasteiger partial charge in [0.2, 0.25) is 0 Å². The van der Waals surface area contributed by atoms with Gasteiger partial charge in [-0.1, -0.05) is 160 Å². The van der Waals surface area contributed by atoms with Gasteiger partial charge in [-0.15, -0.1) is 0 Å². The van der Waals surface area contributed by atoms with Crippen molar-refractivity contribution in [3.63, 3.8) is 0 Å². The molecule has 0 bridgehead atoms. The largest absolute Gasteiger partial charge is 0.872 e. The minimum Gasteiger partial charge on any atom is -0.872 e. The van der Waals surface area contributed by atoms with E-state index in [1.54, 1.807) is 0 Å². The van der Waals surface area contributed by atoms with E-state index in [1.165, 1.54) is 0 Å².